The Morgan fingerprint density at radius 2 is 1.95 bits per heavy atom. The minimum atomic E-state index is 0.351. The Labute approximate surface area is 133 Å². The quantitative estimate of drug-likeness (QED) is 0.867. The molecule has 0 unspecified atom stereocenters. The molecule has 0 aliphatic carbocycles. The Morgan fingerprint density at radius 3 is 2.68 bits per heavy atom. The highest BCUT2D eigenvalue weighted by Crippen LogP contribution is 2.24. The van der Waals surface area contributed by atoms with Gasteiger partial charge in [0.15, 0.2) is 0 Å². The monoisotopic (exact) mass is 298 g/mol. The molecule has 0 radical (unpaired) electrons. The first kappa shape index (κ1) is 15.2. The molecule has 1 aliphatic heterocycles. The van der Waals surface area contributed by atoms with Crippen LogP contribution in [0.25, 0.3) is 11.4 Å². The molecule has 4 nitrogen and oxygen atoms in total. The molecule has 0 bridgehead atoms. The van der Waals surface area contributed by atoms with Crippen LogP contribution in [-0.4, -0.2) is 39.8 Å². The third-order valence-corrected chi connectivity index (χ3v) is 4.61. The lowest BCUT2D eigenvalue weighted by atomic mass is 9.90. The molecule has 1 aliphatic rings. The van der Waals surface area contributed by atoms with E-state index < -0.39 is 0 Å². The maximum absolute atomic E-state index is 4.56. The molecule has 3 heterocycles. The molecule has 0 aromatic carbocycles. The van der Waals surface area contributed by atoms with Gasteiger partial charge in [0.25, 0.3) is 0 Å². The third-order valence-electron chi connectivity index (χ3n) is 4.61. The number of aromatic nitrogens is 3. The van der Waals surface area contributed by atoms with Crippen LogP contribution < -0.4 is 0 Å². The normalized spacial score (nSPS) is 17.3. The maximum Gasteiger partial charge on any atom is 0.0885 e. The Kier molecular flexibility index (Phi) is 4.57. The van der Waals surface area contributed by atoms with E-state index in [9.17, 15) is 0 Å². The average Bonchev–Trinajstić information content (AvgIpc) is 3.00. The summed E-state index contributed by atoms with van der Waals surface area (Å²) in [6, 6.07) is 6.82. The summed E-state index contributed by atoms with van der Waals surface area (Å²) >= 11 is 0. The van der Waals surface area contributed by atoms with Gasteiger partial charge in [0.1, 0.15) is 0 Å². The van der Waals surface area contributed by atoms with Crippen LogP contribution in [0.2, 0.25) is 0 Å². The highest BCUT2D eigenvalue weighted by atomic mass is 15.3. The first-order valence-electron chi connectivity index (χ1n) is 8.31. The number of hydrogen-bond acceptors (Lipinski definition) is 3. The van der Waals surface area contributed by atoms with Crippen LogP contribution in [0.4, 0.5) is 0 Å². The zero-order valence-electron chi connectivity index (χ0n) is 13.9. The standard InChI is InChI=1S/C18H26N4/c1-14(2)22-18(5-9-20-22)17-13-16(4-8-19-17)12-15-6-10-21(3)11-7-15/h4-5,8-9,13-15H,6-7,10-12H2,1-3H3. The Morgan fingerprint density at radius 1 is 1.18 bits per heavy atom. The molecule has 3 rings (SSSR count). The number of piperidine rings is 1. The summed E-state index contributed by atoms with van der Waals surface area (Å²) in [6.45, 7) is 6.75. The van der Waals surface area contributed by atoms with E-state index in [-0.39, 0.29) is 0 Å². The van der Waals surface area contributed by atoms with E-state index in [4.69, 9.17) is 0 Å². The van der Waals surface area contributed by atoms with Gasteiger partial charge in [-0.1, -0.05) is 0 Å². The van der Waals surface area contributed by atoms with Gasteiger partial charge in [-0.3, -0.25) is 9.67 Å². The lowest BCUT2D eigenvalue weighted by molar-refractivity contribution is 0.219. The molecule has 0 amide bonds. The predicted molar refractivity (Wildman–Crippen MR) is 89.8 cm³/mol. The third kappa shape index (κ3) is 3.38. The molecule has 118 valence electrons. The molecule has 0 spiro atoms. The molecule has 2 aromatic heterocycles. The van der Waals surface area contributed by atoms with Crippen molar-refractivity contribution in [1.29, 1.82) is 0 Å². The van der Waals surface area contributed by atoms with E-state index in [2.05, 4.69) is 54.1 Å². The second kappa shape index (κ2) is 6.61. The molecular formula is C18H26N4. The van der Waals surface area contributed by atoms with Crippen molar-refractivity contribution in [3.05, 3.63) is 36.2 Å². The van der Waals surface area contributed by atoms with E-state index in [0.717, 1.165) is 17.3 Å². The van der Waals surface area contributed by atoms with E-state index in [1.54, 1.807) is 0 Å². The van der Waals surface area contributed by atoms with Gasteiger partial charge in [-0.15, -0.1) is 0 Å². The fraction of sp³-hybridized carbons (Fsp3) is 0.556. The fourth-order valence-electron chi connectivity index (χ4n) is 3.27. The van der Waals surface area contributed by atoms with Crippen LogP contribution in [0, 0.1) is 5.92 Å². The second-order valence-electron chi connectivity index (χ2n) is 6.75. The van der Waals surface area contributed by atoms with Crippen molar-refractivity contribution in [2.75, 3.05) is 20.1 Å². The molecule has 2 aromatic rings. The SMILES string of the molecule is CC(C)n1nccc1-c1cc(CC2CCN(C)CC2)ccn1. The van der Waals surface area contributed by atoms with Gasteiger partial charge in [0.05, 0.1) is 11.4 Å². The summed E-state index contributed by atoms with van der Waals surface area (Å²) < 4.78 is 2.04. The van der Waals surface area contributed by atoms with Gasteiger partial charge in [-0.2, -0.15) is 5.10 Å². The van der Waals surface area contributed by atoms with Gasteiger partial charge in [0, 0.05) is 18.4 Å². The topological polar surface area (TPSA) is 34.0 Å². The molecular weight excluding hydrogens is 272 g/mol. The summed E-state index contributed by atoms with van der Waals surface area (Å²) in [6.07, 6.45) is 7.58. The molecule has 4 heteroatoms. The van der Waals surface area contributed by atoms with Crippen LogP contribution in [0.1, 0.15) is 38.3 Å². The van der Waals surface area contributed by atoms with Crippen molar-refractivity contribution >= 4 is 0 Å². The van der Waals surface area contributed by atoms with Crippen molar-refractivity contribution in [1.82, 2.24) is 19.7 Å². The van der Waals surface area contributed by atoms with Gasteiger partial charge in [-0.05, 0) is 82.9 Å². The Hall–Kier alpha value is -1.68. The van der Waals surface area contributed by atoms with Crippen molar-refractivity contribution in [2.45, 2.75) is 39.2 Å². The van der Waals surface area contributed by atoms with E-state index in [1.807, 2.05) is 17.1 Å². The molecule has 0 N–H and O–H groups in total. The van der Waals surface area contributed by atoms with Crippen LogP contribution in [-0.2, 0) is 6.42 Å². The predicted octanol–water partition coefficient (Wildman–Crippen LogP) is 3.41. The summed E-state index contributed by atoms with van der Waals surface area (Å²) in [5.41, 5.74) is 3.55. The Balaban J connectivity index is 1.76. The highest BCUT2D eigenvalue weighted by Gasteiger charge is 2.17. The minimum absolute atomic E-state index is 0.351. The fourth-order valence-corrected chi connectivity index (χ4v) is 3.27. The van der Waals surface area contributed by atoms with Crippen LogP contribution in [0.3, 0.4) is 0 Å². The van der Waals surface area contributed by atoms with E-state index in [1.165, 1.54) is 37.9 Å². The van der Waals surface area contributed by atoms with E-state index >= 15 is 0 Å². The zero-order valence-corrected chi connectivity index (χ0v) is 13.9. The second-order valence-corrected chi connectivity index (χ2v) is 6.75. The van der Waals surface area contributed by atoms with Gasteiger partial charge >= 0.3 is 0 Å². The van der Waals surface area contributed by atoms with Crippen molar-refractivity contribution < 1.29 is 0 Å². The van der Waals surface area contributed by atoms with Crippen LogP contribution in [0.5, 0.6) is 0 Å². The van der Waals surface area contributed by atoms with Gasteiger partial charge < -0.3 is 4.90 Å². The minimum Gasteiger partial charge on any atom is -0.306 e. The Bertz CT molecular complexity index is 609. The largest absolute Gasteiger partial charge is 0.306 e. The van der Waals surface area contributed by atoms with E-state index in [0.29, 0.717) is 6.04 Å². The van der Waals surface area contributed by atoms with Crippen molar-refractivity contribution in [2.24, 2.45) is 5.92 Å². The number of pyridine rings is 1. The maximum atomic E-state index is 4.56. The number of nitrogens with zero attached hydrogens (tertiary/aromatic N) is 4. The summed E-state index contributed by atoms with van der Waals surface area (Å²) in [5.74, 6) is 0.807. The first-order chi connectivity index (χ1) is 10.6. The molecule has 1 fully saturated rings. The van der Waals surface area contributed by atoms with Gasteiger partial charge in [0.2, 0.25) is 0 Å². The van der Waals surface area contributed by atoms with Crippen LogP contribution in [0.15, 0.2) is 30.6 Å². The lowest BCUT2D eigenvalue weighted by Gasteiger charge is -2.29. The number of likely N-dealkylation sites (tertiary alicyclic amines) is 1. The van der Waals surface area contributed by atoms with Crippen molar-refractivity contribution in [3.63, 3.8) is 0 Å². The summed E-state index contributed by atoms with van der Waals surface area (Å²) in [4.78, 5) is 6.99. The lowest BCUT2D eigenvalue weighted by Crippen LogP contribution is -2.30. The number of rotatable bonds is 4. The van der Waals surface area contributed by atoms with Crippen LogP contribution >= 0.6 is 0 Å². The summed E-state index contributed by atoms with van der Waals surface area (Å²) in [5, 5.41) is 4.42. The number of hydrogen-bond donors (Lipinski definition) is 0. The van der Waals surface area contributed by atoms with Crippen molar-refractivity contribution in [3.8, 4) is 11.4 Å². The smallest absolute Gasteiger partial charge is 0.0885 e. The first-order valence-corrected chi connectivity index (χ1v) is 8.31. The van der Waals surface area contributed by atoms with Gasteiger partial charge in [-0.25, -0.2) is 0 Å². The molecule has 0 saturated carbocycles. The highest BCUT2D eigenvalue weighted by molar-refractivity contribution is 5.55. The molecule has 22 heavy (non-hydrogen) atoms. The average molecular weight is 298 g/mol. The molecule has 0 atom stereocenters. The summed E-state index contributed by atoms with van der Waals surface area (Å²) in [7, 11) is 2.22. The zero-order chi connectivity index (χ0) is 15.5. The molecule has 1 saturated heterocycles.